The number of ketones is 1. The van der Waals surface area contributed by atoms with Gasteiger partial charge in [0.05, 0.1) is 5.38 Å². The van der Waals surface area contributed by atoms with Gasteiger partial charge >= 0.3 is 0 Å². The molecule has 0 aromatic heterocycles. The van der Waals surface area contributed by atoms with Crippen LogP contribution in [0.4, 0.5) is 0 Å². The van der Waals surface area contributed by atoms with Crippen molar-refractivity contribution in [2.75, 3.05) is 0 Å². The van der Waals surface area contributed by atoms with E-state index in [0.717, 1.165) is 10.0 Å². The van der Waals surface area contributed by atoms with Gasteiger partial charge in [-0.1, -0.05) is 18.2 Å². The van der Waals surface area contributed by atoms with Gasteiger partial charge in [0.25, 0.3) is 0 Å². The van der Waals surface area contributed by atoms with Crippen LogP contribution in [0, 0.1) is 0 Å². The van der Waals surface area contributed by atoms with Gasteiger partial charge in [-0.15, -0.1) is 23.2 Å². The fraction of sp³-hybridized carbons (Fsp3) is 0.300. The first kappa shape index (κ1) is 12.0. The van der Waals surface area contributed by atoms with Gasteiger partial charge in [0, 0.05) is 15.9 Å². The fourth-order valence-corrected chi connectivity index (χ4v) is 2.19. The van der Waals surface area contributed by atoms with Crippen LogP contribution in [-0.2, 0) is 5.88 Å². The third-order valence-corrected chi connectivity index (χ3v) is 3.27. The molecule has 1 unspecified atom stereocenters. The quantitative estimate of drug-likeness (QED) is 0.608. The molecule has 0 amide bonds. The van der Waals surface area contributed by atoms with Crippen molar-refractivity contribution in [3.8, 4) is 0 Å². The fourth-order valence-electron chi connectivity index (χ4n) is 1.09. The molecule has 1 aromatic carbocycles. The summed E-state index contributed by atoms with van der Waals surface area (Å²) in [5.74, 6) is 0.281. The Balaban J connectivity index is 3.16. The summed E-state index contributed by atoms with van der Waals surface area (Å²) in [4.78, 5) is 11.6. The first-order valence-corrected chi connectivity index (χ1v) is 5.86. The van der Waals surface area contributed by atoms with Crippen molar-refractivity contribution in [1.29, 1.82) is 0 Å². The van der Waals surface area contributed by atoms with E-state index >= 15 is 0 Å². The third-order valence-electron chi connectivity index (χ3n) is 1.85. The summed E-state index contributed by atoms with van der Waals surface area (Å²) < 4.78 is 0.743. The van der Waals surface area contributed by atoms with Crippen LogP contribution >= 0.6 is 39.1 Å². The Morgan fingerprint density at radius 2 is 2.21 bits per heavy atom. The lowest BCUT2D eigenvalue weighted by molar-refractivity contribution is 0.0991. The summed E-state index contributed by atoms with van der Waals surface area (Å²) in [5, 5.41) is -0.517. The summed E-state index contributed by atoms with van der Waals surface area (Å²) in [6, 6.07) is 5.41. The molecule has 14 heavy (non-hydrogen) atoms. The van der Waals surface area contributed by atoms with Crippen molar-refractivity contribution in [2.45, 2.75) is 18.2 Å². The monoisotopic (exact) mass is 294 g/mol. The SMILES string of the molecule is CC(Cl)C(=O)c1cccc(CCl)c1Br. The van der Waals surface area contributed by atoms with Crippen molar-refractivity contribution in [1.82, 2.24) is 0 Å². The molecule has 0 saturated heterocycles. The molecule has 1 rings (SSSR count). The zero-order valence-electron chi connectivity index (χ0n) is 7.56. The van der Waals surface area contributed by atoms with E-state index in [1.54, 1.807) is 19.1 Å². The molecule has 0 radical (unpaired) electrons. The van der Waals surface area contributed by atoms with Crippen molar-refractivity contribution in [3.05, 3.63) is 33.8 Å². The van der Waals surface area contributed by atoms with Gasteiger partial charge in [-0.05, 0) is 28.4 Å². The predicted octanol–water partition coefficient (Wildman–Crippen LogP) is 4.00. The molecule has 0 bridgehead atoms. The second-order valence-electron chi connectivity index (χ2n) is 2.89. The molecule has 4 heteroatoms. The molecular formula is C10H9BrCl2O. The maximum Gasteiger partial charge on any atom is 0.181 e. The minimum atomic E-state index is -0.517. The van der Waals surface area contributed by atoms with Gasteiger partial charge in [-0.3, -0.25) is 4.79 Å². The van der Waals surface area contributed by atoms with Crippen LogP contribution in [0.1, 0.15) is 22.8 Å². The number of hydrogen-bond donors (Lipinski definition) is 0. The summed E-state index contributed by atoms with van der Waals surface area (Å²) in [5.41, 5.74) is 1.49. The zero-order valence-corrected chi connectivity index (χ0v) is 10.7. The van der Waals surface area contributed by atoms with Crippen molar-refractivity contribution in [2.24, 2.45) is 0 Å². The van der Waals surface area contributed by atoms with Gasteiger partial charge < -0.3 is 0 Å². The van der Waals surface area contributed by atoms with Gasteiger partial charge in [0.2, 0.25) is 0 Å². The molecule has 0 aliphatic carbocycles. The standard InChI is InChI=1S/C10H9BrCl2O/c1-6(13)10(14)8-4-2-3-7(5-12)9(8)11/h2-4,6H,5H2,1H3. The van der Waals surface area contributed by atoms with Crippen LogP contribution in [-0.4, -0.2) is 11.2 Å². The number of alkyl halides is 2. The summed E-state index contributed by atoms with van der Waals surface area (Å²) >= 11 is 14.8. The normalized spacial score (nSPS) is 12.6. The Kier molecular flexibility index (Phi) is 4.42. The molecule has 0 aliphatic heterocycles. The van der Waals surface area contributed by atoms with Crippen molar-refractivity contribution >= 4 is 44.9 Å². The van der Waals surface area contributed by atoms with Crippen LogP contribution in [0.3, 0.4) is 0 Å². The Morgan fingerprint density at radius 1 is 1.57 bits per heavy atom. The largest absolute Gasteiger partial charge is 0.292 e. The third kappa shape index (κ3) is 2.50. The minimum Gasteiger partial charge on any atom is -0.292 e. The van der Waals surface area contributed by atoms with E-state index in [1.807, 2.05) is 6.07 Å². The molecule has 76 valence electrons. The average Bonchev–Trinajstić information content (AvgIpc) is 2.17. The van der Waals surface area contributed by atoms with E-state index in [1.165, 1.54) is 0 Å². The highest BCUT2D eigenvalue weighted by atomic mass is 79.9. The highest BCUT2D eigenvalue weighted by Crippen LogP contribution is 2.25. The van der Waals surface area contributed by atoms with Gasteiger partial charge in [-0.2, -0.15) is 0 Å². The van der Waals surface area contributed by atoms with E-state index in [2.05, 4.69) is 15.9 Å². The Hall–Kier alpha value is -0.0500. The number of carbonyl (C=O) groups is 1. The first-order valence-electron chi connectivity index (χ1n) is 4.09. The van der Waals surface area contributed by atoms with Crippen molar-refractivity contribution < 1.29 is 4.79 Å². The number of benzene rings is 1. The first-order chi connectivity index (χ1) is 6.57. The molecule has 0 N–H and O–H groups in total. The highest BCUT2D eigenvalue weighted by Gasteiger charge is 2.16. The molecule has 1 aromatic rings. The highest BCUT2D eigenvalue weighted by molar-refractivity contribution is 9.10. The molecule has 0 spiro atoms. The number of carbonyl (C=O) groups excluding carboxylic acids is 1. The number of Topliss-reactive ketones (excluding diaryl/α,β-unsaturated/α-hetero) is 1. The van der Waals surface area contributed by atoms with Crippen LogP contribution in [0.5, 0.6) is 0 Å². The Bertz CT molecular complexity index is 350. The van der Waals surface area contributed by atoms with Gasteiger partial charge in [-0.25, -0.2) is 0 Å². The van der Waals surface area contributed by atoms with Crippen molar-refractivity contribution in [3.63, 3.8) is 0 Å². The summed E-state index contributed by atoms with van der Waals surface area (Å²) in [7, 11) is 0. The minimum absolute atomic E-state index is 0.0921. The molecule has 0 heterocycles. The zero-order chi connectivity index (χ0) is 10.7. The second kappa shape index (κ2) is 5.15. The lowest BCUT2D eigenvalue weighted by Gasteiger charge is -2.07. The molecule has 0 fully saturated rings. The average molecular weight is 296 g/mol. The molecule has 1 atom stereocenters. The van der Waals surface area contributed by atoms with E-state index in [0.29, 0.717) is 11.4 Å². The van der Waals surface area contributed by atoms with Crippen LogP contribution < -0.4 is 0 Å². The lowest BCUT2D eigenvalue weighted by atomic mass is 10.1. The van der Waals surface area contributed by atoms with Crippen LogP contribution in [0.15, 0.2) is 22.7 Å². The summed E-state index contributed by atoms with van der Waals surface area (Å²) in [6.07, 6.45) is 0. The van der Waals surface area contributed by atoms with Crippen LogP contribution in [0.2, 0.25) is 0 Å². The number of halogens is 3. The molecular weight excluding hydrogens is 287 g/mol. The van der Waals surface area contributed by atoms with E-state index in [-0.39, 0.29) is 5.78 Å². The number of rotatable bonds is 3. The predicted molar refractivity (Wildman–Crippen MR) is 63.3 cm³/mol. The smallest absolute Gasteiger partial charge is 0.181 e. The van der Waals surface area contributed by atoms with Gasteiger partial charge in [0.1, 0.15) is 0 Å². The van der Waals surface area contributed by atoms with Crippen LogP contribution in [0.25, 0.3) is 0 Å². The Labute approximate surface area is 102 Å². The molecule has 0 saturated carbocycles. The maximum atomic E-state index is 11.6. The second-order valence-corrected chi connectivity index (χ2v) is 4.61. The van der Waals surface area contributed by atoms with Gasteiger partial charge in [0.15, 0.2) is 5.78 Å². The lowest BCUT2D eigenvalue weighted by Crippen LogP contribution is -2.11. The van der Waals surface area contributed by atoms with E-state index in [4.69, 9.17) is 23.2 Å². The topological polar surface area (TPSA) is 17.1 Å². The molecule has 0 aliphatic rings. The Morgan fingerprint density at radius 3 is 2.71 bits per heavy atom. The summed E-state index contributed by atoms with van der Waals surface area (Å²) in [6.45, 7) is 1.66. The van der Waals surface area contributed by atoms with E-state index in [9.17, 15) is 4.79 Å². The van der Waals surface area contributed by atoms with E-state index < -0.39 is 5.38 Å². The molecule has 1 nitrogen and oxygen atoms in total. The number of hydrogen-bond acceptors (Lipinski definition) is 1. The maximum absolute atomic E-state index is 11.6.